The van der Waals surface area contributed by atoms with Gasteiger partial charge >= 0.3 is 6.61 Å². The van der Waals surface area contributed by atoms with Gasteiger partial charge in [-0.15, -0.1) is 0 Å². The number of ether oxygens (including phenoxy) is 1. The lowest BCUT2D eigenvalue weighted by atomic mass is 10.1. The van der Waals surface area contributed by atoms with Crippen molar-refractivity contribution >= 4 is 11.6 Å². The fourth-order valence-corrected chi connectivity index (χ4v) is 1.87. The van der Waals surface area contributed by atoms with E-state index >= 15 is 0 Å². The highest BCUT2D eigenvalue weighted by molar-refractivity contribution is 6.04. The van der Waals surface area contributed by atoms with E-state index in [1.54, 1.807) is 0 Å². The van der Waals surface area contributed by atoms with Crippen molar-refractivity contribution in [2.24, 2.45) is 0 Å². The molecule has 2 aromatic rings. The minimum Gasteiger partial charge on any atom is -0.435 e. The SMILES string of the molecule is Cc1cccc(NC(=O)c2ccc(OC(F)F)cc2)c1C. The van der Waals surface area contributed by atoms with Gasteiger partial charge in [-0.25, -0.2) is 0 Å². The van der Waals surface area contributed by atoms with E-state index in [0.717, 1.165) is 16.8 Å². The number of alkyl halides is 2. The van der Waals surface area contributed by atoms with E-state index in [4.69, 9.17) is 0 Å². The Hall–Kier alpha value is -2.43. The van der Waals surface area contributed by atoms with Gasteiger partial charge in [-0.2, -0.15) is 8.78 Å². The third-order valence-corrected chi connectivity index (χ3v) is 3.19. The molecule has 2 aromatic carbocycles. The molecule has 0 unspecified atom stereocenters. The molecule has 0 aliphatic heterocycles. The third-order valence-electron chi connectivity index (χ3n) is 3.19. The Morgan fingerprint density at radius 2 is 1.76 bits per heavy atom. The topological polar surface area (TPSA) is 38.3 Å². The molecule has 21 heavy (non-hydrogen) atoms. The molecule has 0 heterocycles. The Morgan fingerprint density at radius 1 is 1.10 bits per heavy atom. The highest BCUT2D eigenvalue weighted by Gasteiger charge is 2.10. The molecular weight excluding hydrogens is 276 g/mol. The first kappa shape index (κ1) is 15.0. The average Bonchev–Trinajstić information content (AvgIpc) is 2.44. The maximum atomic E-state index is 12.1. The number of carbonyl (C=O) groups excluding carboxylic acids is 1. The van der Waals surface area contributed by atoms with Crippen LogP contribution in [0.3, 0.4) is 0 Å². The number of aryl methyl sites for hydroxylation is 1. The lowest BCUT2D eigenvalue weighted by molar-refractivity contribution is -0.0498. The molecule has 2 rings (SSSR count). The number of nitrogens with one attached hydrogen (secondary N) is 1. The summed E-state index contributed by atoms with van der Waals surface area (Å²) >= 11 is 0. The molecule has 0 bridgehead atoms. The van der Waals surface area contributed by atoms with Crippen molar-refractivity contribution in [3.8, 4) is 5.75 Å². The molecule has 1 N–H and O–H groups in total. The summed E-state index contributed by atoms with van der Waals surface area (Å²) in [5.74, 6) is -0.277. The summed E-state index contributed by atoms with van der Waals surface area (Å²) in [4.78, 5) is 12.1. The number of anilines is 1. The van der Waals surface area contributed by atoms with E-state index < -0.39 is 6.61 Å². The zero-order valence-corrected chi connectivity index (χ0v) is 11.7. The molecule has 5 heteroatoms. The van der Waals surface area contributed by atoms with Crippen LogP contribution in [0.5, 0.6) is 5.75 Å². The van der Waals surface area contributed by atoms with Crippen molar-refractivity contribution in [1.82, 2.24) is 0 Å². The second-order valence-electron chi connectivity index (χ2n) is 4.60. The maximum absolute atomic E-state index is 12.1. The van der Waals surface area contributed by atoms with Crippen LogP contribution < -0.4 is 10.1 Å². The van der Waals surface area contributed by atoms with Crippen molar-refractivity contribution in [2.45, 2.75) is 20.5 Å². The zero-order valence-electron chi connectivity index (χ0n) is 11.7. The molecule has 0 saturated carbocycles. The molecule has 0 radical (unpaired) electrons. The molecule has 0 aromatic heterocycles. The van der Waals surface area contributed by atoms with Crippen LogP contribution in [0.2, 0.25) is 0 Å². The summed E-state index contributed by atoms with van der Waals surface area (Å²) in [5, 5.41) is 2.80. The first-order valence-electron chi connectivity index (χ1n) is 6.40. The number of carbonyl (C=O) groups is 1. The van der Waals surface area contributed by atoms with Crippen LogP contribution in [-0.2, 0) is 0 Å². The Bertz CT molecular complexity index is 639. The highest BCUT2D eigenvalue weighted by atomic mass is 19.3. The fraction of sp³-hybridized carbons (Fsp3) is 0.188. The van der Waals surface area contributed by atoms with Gasteiger partial charge in [-0.3, -0.25) is 4.79 Å². The Balaban J connectivity index is 2.11. The summed E-state index contributed by atoms with van der Waals surface area (Å²) in [6, 6.07) is 11.2. The molecular formula is C16H15F2NO2. The van der Waals surface area contributed by atoms with E-state index in [1.807, 2.05) is 32.0 Å². The van der Waals surface area contributed by atoms with Crippen LogP contribution >= 0.6 is 0 Å². The second kappa shape index (κ2) is 6.35. The smallest absolute Gasteiger partial charge is 0.387 e. The molecule has 110 valence electrons. The average molecular weight is 291 g/mol. The standard InChI is InChI=1S/C16H15F2NO2/c1-10-4-3-5-14(11(10)2)19-15(20)12-6-8-13(9-7-12)21-16(17)18/h3-9,16H,1-2H3,(H,19,20). The van der Waals surface area contributed by atoms with Crippen molar-refractivity contribution in [2.75, 3.05) is 5.32 Å². The number of rotatable bonds is 4. The Labute approximate surface area is 121 Å². The van der Waals surface area contributed by atoms with Crippen LogP contribution in [0, 0.1) is 13.8 Å². The van der Waals surface area contributed by atoms with E-state index in [1.165, 1.54) is 24.3 Å². The first-order valence-corrected chi connectivity index (χ1v) is 6.40. The van der Waals surface area contributed by atoms with Crippen LogP contribution in [0.1, 0.15) is 21.5 Å². The van der Waals surface area contributed by atoms with Gasteiger partial charge in [0.05, 0.1) is 0 Å². The number of benzene rings is 2. The third kappa shape index (κ3) is 3.78. The molecule has 1 amide bonds. The summed E-state index contributed by atoms with van der Waals surface area (Å²) in [6.45, 7) is 1.01. The predicted molar refractivity (Wildman–Crippen MR) is 76.9 cm³/mol. The summed E-state index contributed by atoms with van der Waals surface area (Å²) in [5.41, 5.74) is 3.17. The molecule has 0 aliphatic carbocycles. The van der Waals surface area contributed by atoms with E-state index in [9.17, 15) is 13.6 Å². The largest absolute Gasteiger partial charge is 0.435 e. The van der Waals surface area contributed by atoms with Crippen molar-refractivity contribution in [1.29, 1.82) is 0 Å². The van der Waals surface area contributed by atoms with Crippen LogP contribution in [-0.4, -0.2) is 12.5 Å². The Kier molecular flexibility index (Phi) is 4.52. The van der Waals surface area contributed by atoms with Gasteiger partial charge in [0.1, 0.15) is 5.75 Å². The normalized spacial score (nSPS) is 10.5. The molecule has 3 nitrogen and oxygen atoms in total. The van der Waals surface area contributed by atoms with Gasteiger partial charge in [-0.05, 0) is 55.3 Å². The maximum Gasteiger partial charge on any atom is 0.387 e. The van der Waals surface area contributed by atoms with Gasteiger partial charge in [0.15, 0.2) is 0 Å². The highest BCUT2D eigenvalue weighted by Crippen LogP contribution is 2.20. The van der Waals surface area contributed by atoms with Gasteiger partial charge in [-0.1, -0.05) is 12.1 Å². The van der Waals surface area contributed by atoms with Crippen LogP contribution in [0.4, 0.5) is 14.5 Å². The number of halogens is 2. The monoisotopic (exact) mass is 291 g/mol. The van der Waals surface area contributed by atoms with Gasteiger partial charge in [0.2, 0.25) is 0 Å². The molecule has 0 atom stereocenters. The van der Waals surface area contributed by atoms with Gasteiger partial charge in [0.25, 0.3) is 5.91 Å². The fourth-order valence-electron chi connectivity index (χ4n) is 1.87. The quantitative estimate of drug-likeness (QED) is 0.918. The van der Waals surface area contributed by atoms with Crippen molar-refractivity contribution < 1.29 is 18.3 Å². The van der Waals surface area contributed by atoms with Crippen LogP contribution in [0.15, 0.2) is 42.5 Å². The van der Waals surface area contributed by atoms with Crippen molar-refractivity contribution in [3.63, 3.8) is 0 Å². The lowest BCUT2D eigenvalue weighted by Crippen LogP contribution is -2.13. The summed E-state index contributed by atoms with van der Waals surface area (Å²) < 4.78 is 28.3. The van der Waals surface area contributed by atoms with E-state index in [-0.39, 0.29) is 11.7 Å². The minimum absolute atomic E-state index is 0.0216. The predicted octanol–water partition coefficient (Wildman–Crippen LogP) is 4.16. The Morgan fingerprint density at radius 3 is 2.38 bits per heavy atom. The van der Waals surface area contributed by atoms with Crippen LogP contribution in [0.25, 0.3) is 0 Å². The number of amides is 1. The number of hydrogen-bond donors (Lipinski definition) is 1. The minimum atomic E-state index is -2.88. The summed E-state index contributed by atoms with van der Waals surface area (Å²) in [7, 11) is 0. The number of hydrogen-bond acceptors (Lipinski definition) is 2. The summed E-state index contributed by atoms with van der Waals surface area (Å²) in [6.07, 6.45) is 0. The van der Waals surface area contributed by atoms with E-state index in [2.05, 4.69) is 10.1 Å². The van der Waals surface area contributed by atoms with Crippen molar-refractivity contribution in [3.05, 3.63) is 59.2 Å². The second-order valence-corrected chi connectivity index (χ2v) is 4.60. The molecule has 0 saturated heterocycles. The van der Waals surface area contributed by atoms with Gasteiger partial charge in [0, 0.05) is 11.3 Å². The molecule has 0 aliphatic rings. The van der Waals surface area contributed by atoms with E-state index in [0.29, 0.717) is 5.56 Å². The molecule has 0 spiro atoms. The van der Waals surface area contributed by atoms with Gasteiger partial charge < -0.3 is 10.1 Å². The lowest BCUT2D eigenvalue weighted by Gasteiger charge is -2.11. The molecule has 0 fully saturated rings. The first-order chi connectivity index (χ1) is 9.97. The zero-order chi connectivity index (χ0) is 15.4.